The number of nitrogens with one attached hydrogen (secondary N) is 1. The van der Waals surface area contributed by atoms with Crippen LogP contribution < -0.4 is 5.32 Å². The van der Waals surface area contributed by atoms with E-state index in [9.17, 15) is 4.79 Å². The first-order valence-electron chi connectivity index (χ1n) is 7.23. The number of amides is 1. The van der Waals surface area contributed by atoms with Crippen molar-refractivity contribution >= 4 is 11.6 Å². The van der Waals surface area contributed by atoms with Crippen LogP contribution in [0.4, 0.5) is 5.69 Å². The lowest BCUT2D eigenvalue weighted by Gasteiger charge is -2.09. The maximum absolute atomic E-state index is 12.3. The number of carbonyl (C=O) groups excluding carboxylic acids is 1. The Morgan fingerprint density at radius 1 is 1.00 bits per heavy atom. The van der Waals surface area contributed by atoms with Gasteiger partial charge >= 0.3 is 0 Å². The van der Waals surface area contributed by atoms with Gasteiger partial charge in [-0.05, 0) is 37.6 Å². The number of anilines is 1. The fourth-order valence-electron chi connectivity index (χ4n) is 2.28. The van der Waals surface area contributed by atoms with Crippen molar-refractivity contribution in [2.24, 2.45) is 0 Å². The predicted octanol–water partition coefficient (Wildman–Crippen LogP) is 3.41. The Morgan fingerprint density at radius 2 is 1.78 bits per heavy atom. The summed E-state index contributed by atoms with van der Waals surface area (Å²) in [4.78, 5) is 24.6. The van der Waals surface area contributed by atoms with Gasteiger partial charge in [0.15, 0.2) is 0 Å². The van der Waals surface area contributed by atoms with Gasteiger partial charge in [0.05, 0.1) is 11.3 Å². The van der Waals surface area contributed by atoms with E-state index in [0.717, 1.165) is 28.1 Å². The van der Waals surface area contributed by atoms with Crippen LogP contribution in [0.5, 0.6) is 0 Å². The maximum Gasteiger partial charge on any atom is 0.257 e. The lowest BCUT2D eigenvalue weighted by Crippen LogP contribution is -2.13. The highest BCUT2D eigenvalue weighted by Gasteiger charge is 2.09. The molecule has 3 aromatic rings. The average molecular weight is 304 g/mol. The molecule has 5 heteroatoms. The Labute approximate surface area is 134 Å². The largest absolute Gasteiger partial charge is 0.322 e. The van der Waals surface area contributed by atoms with Gasteiger partial charge in [-0.2, -0.15) is 0 Å². The Hall–Kier alpha value is -3.08. The summed E-state index contributed by atoms with van der Waals surface area (Å²) in [7, 11) is 0. The first-order chi connectivity index (χ1) is 11.1. The van der Waals surface area contributed by atoms with Crippen LogP contribution in [0.1, 0.15) is 21.5 Å². The van der Waals surface area contributed by atoms with Gasteiger partial charge in [0.25, 0.3) is 5.91 Å². The number of rotatable bonds is 3. The van der Waals surface area contributed by atoms with E-state index in [-0.39, 0.29) is 5.91 Å². The SMILES string of the molecule is Cc1ccc(NC(=O)c2ccc(-c3cncnc3)nc2)c(C)c1. The summed E-state index contributed by atoms with van der Waals surface area (Å²) in [5.74, 6) is -0.180. The monoisotopic (exact) mass is 304 g/mol. The zero-order chi connectivity index (χ0) is 16.2. The van der Waals surface area contributed by atoms with Gasteiger partial charge in [0.1, 0.15) is 6.33 Å². The van der Waals surface area contributed by atoms with Gasteiger partial charge < -0.3 is 5.32 Å². The van der Waals surface area contributed by atoms with Crippen molar-refractivity contribution in [3.8, 4) is 11.3 Å². The Bertz CT molecular complexity index is 829. The molecular formula is C18H16N4O. The number of carbonyl (C=O) groups is 1. The molecular weight excluding hydrogens is 288 g/mol. The van der Waals surface area contributed by atoms with Gasteiger partial charge in [-0.15, -0.1) is 0 Å². The van der Waals surface area contributed by atoms with Crippen molar-refractivity contribution in [2.75, 3.05) is 5.32 Å². The lowest BCUT2D eigenvalue weighted by molar-refractivity contribution is 0.102. The second-order valence-corrected chi connectivity index (χ2v) is 5.33. The van der Waals surface area contributed by atoms with E-state index in [2.05, 4.69) is 20.3 Å². The molecule has 0 fully saturated rings. The highest BCUT2D eigenvalue weighted by molar-refractivity contribution is 6.04. The number of hydrogen-bond donors (Lipinski definition) is 1. The Balaban J connectivity index is 1.78. The summed E-state index contributed by atoms with van der Waals surface area (Å²) in [5.41, 5.74) is 5.05. The van der Waals surface area contributed by atoms with Crippen molar-refractivity contribution in [1.29, 1.82) is 0 Å². The molecule has 0 bridgehead atoms. The van der Waals surface area contributed by atoms with Gasteiger partial charge in [0, 0.05) is 29.8 Å². The van der Waals surface area contributed by atoms with Crippen molar-refractivity contribution in [2.45, 2.75) is 13.8 Å². The molecule has 1 aromatic carbocycles. The van der Waals surface area contributed by atoms with Crippen LogP contribution in [0.25, 0.3) is 11.3 Å². The molecule has 0 aliphatic rings. The van der Waals surface area contributed by atoms with Crippen molar-refractivity contribution < 1.29 is 4.79 Å². The summed E-state index contributed by atoms with van der Waals surface area (Å²) in [6.45, 7) is 3.99. The standard InChI is InChI=1S/C18H16N4O/c1-12-3-5-16(13(2)7-12)22-18(23)14-4-6-17(21-10-14)15-8-19-11-20-9-15/h3-11H,1-2H3,(H,22,23). The van der Waals surface area contributed by atoms with E-state index < -0.39 is 0 Å². The molecule has 23 heavy (non-hydrogen) atoms. The third kappa shape index (κ3) is 3.40. The summed E-state index contributed by atoms with van der Waals surface area (Å²) in [6, 6.07) is 9.45. The minimum atomic E-state index is -0.180. The summed E-state index contributed by atoms with van der Waals surface area (Å²) < 4.78 is 0. The van der Waals surface area contributed by atoms with Crippen LogP contribution in [-0.2, 0) is 0 Å². The Kier molecular flexibility index (Phi) is 4.10. The number of benzene rings is 1. The number of aryl methyl sites for hydroxylation is 2. The summed E-state index contributed by atoms with van der Waals surface area (Å²) >= 11 is 0. The topological polar surface area (TPSA) is 67.8 Å². The van der Waals surface area contributed by atoms with Gasteiger partial charge in [0.2, 0.25) is 0 Å². The molecule has 0 atom stereocenters. The fraction of sp³-hybridized carbons (Fsp3) is 0.111. The lowest BCUT2D eigenvalue weighted by atomic mass is 10.1. The van der Waals surface area contributed by atoms with E-state index in [1.54, 1.807) is 30.7 Å². The van der Waals surface area contributed by atoms with Crippen molar-refractivity contribution in [3.05, 3.63) is 71.9 Å². The number of hydrogen-bond acceptors (Lipinski definition) is 4. The second-order valence-electron chi connectivity index (χ2n) is 5.33. The van der Waals surface area contributed by atoms with Gasteiger partial charge in [-0.1, -0.05) is 17.7 Å². The molecule has 5 nitrogen and oxygen atoms in total. The normalized spacial score (nSPS) is 10.3. The number of pyridine rings is 1. The molecule has 114 valence electrons. The fourth-order valence-corrected chi connectivity index (χ4v) is 2.28. The minimum Gasteiger partial charge on any atom is -0.322 e. The molecule has 0 radical (unpaired) electrons. The van der Waals surface area contributed by atoms with Crippen LogP contribution in [0.3, 0.4) is 0 Å². The van der Waals surface area contributed by atoms with Crippen LogP contribution in [-0.4, -0.2) is 20.9 Å². The molecule has 2 aromatic heterocycles. The van der Waals surface area contributed by atoms with E-state index in [1.807, 2.05) is 32.0 Å². The van der Waals surface area contributed by atoms with Gasteiger partial charge in [-0.3, -0.25) is 9.78 Å². The maximum atomic E-state index is 12.3. The number of nitrogens with zero attached hydrogens (tertiary/aromatic N) is 3. The predicted molar refractivity (Wildman–Crippen MR) is 89.1 cm³/mol. The highest BCUT2D eigenvalue weighted by atomic mass is 16.1. The summed E-state index contributed by atoms with van der Waals surface area (Å²) in [6.07, 6.45) is 6.39. The molecule has 0 aliphatic carbocycles. The van der Waals surface area contributed by atoms with E-state index in [0.29, 0.717) is 5.56 Å². The molecule has 0 spiro atoms. The van der Waals surface area contributed by atoms with Gasteiger partial charge in [-0.25, -0.2) is 9.97 Å². The molecule has 0 aliphatic heterocycles. The summed E-state index contributed by atoms with van der Waals surface area (Å²) in [5, 5.41) is 2.91. The molecule has 2 heterocycles. The minimum absolute atomic E-state index is 0.180. The number of aromatic nitrogens is 3. The van der Waals surface area contributed by atoms with E-state index in [4.69, 9.17) is 0 Å². The van der Waals surface area contributed by atoms with E-state index >= 15 is 0 Å². The first kappa shape index (κ1) is 14.8. The van der Waals surface area contributed by atoms with Crippen molar-refractivity contribution in [1.82, 2.24) is 15.0 Å². The molecule has 0 unspecified atom stereocenters. The quantitative estimate of drug-likeness (QED) is 0.805. The zero-order valence-electron chi connectivity index (χ0n) is 12.9. The highest BCUT2D eigenvalue weighted by Crippen LogP contribution is 2.18. The second kappa shape index (κ2) is 6.36. The molecule has 0 saturated carbocycles. The van der Waals surface area contributed by atoms with Crippen molar-refractivity contribution in [3.63, 3.8) is 0 Å². The van der Waals surface area contributed by atoms with Crippen LogP contribution in [0.15, 0.2) is 55.2 Å². The average Bonchev–Trinajstić information content (AvgIpc) is 2.58. The van der Waals surface area contributed by atoms with E-state index in [1.165, 1.54) is 6.33 Å². The third-order valence-corrected chi connectivity index (χ3v) is 3.51. The smallest absolute Gasteiger partial charge is 0.257 e. The first-order valence-corrected chi connectivity index (χ1v) is 7.23. The zero-order valence-corrected chi connectivity index (χ0v) is 12.9. The molecule has 1 N–H and O–H groups in total. The molecule has 1 amide bonds. The third-order valence-electron chi connectivity index (χ3n) is 3.51. The van der Waals surface area contributed by atoms with Crippen LogP contribution >= 0.6 is 0 Å². The van der Waals surface area contributed by atoms with Crippen LogP contribution in [0, 0.1) is 13.8 Å². The van der Waals surface area contributed by atoms with Crippen LogP contribution in [0.2, 0.25) is 0 Å². The molecule has 0 saturated heterocycles. The molecule has 3 rings (SSSR count). The Morgan fingerprint density at radius 3 is 2.43 bits per heavy atom.